The predicted octanol–water partition coefficient (Wildman–Crippen LogP) is 9.88. The third kappa shape index (κ3) is 3.29. The summed E-state index contributed by atoms with van der Waals surface area (Å²) in [6.45, 7) is 12.0. The lowest BCUT2D eigenvalue weighted by Gasteiger charge is -2.50. The van der Waals surface area contributed by atoms with Gasteiger partial charge in [0, 0.05) is 65.7 Å². The molecule has 224 valence electrons. The van der Waals surface area contributed by atoms with E-state index in [1.165, 1.54) is 131 Å². The standard InChI is InChI=1S/C41H46N3/c1-25-21-28-18-19-32-37-36(28)33(22-25)40(4,5)34-24-35-31(17-12-20-42-35)39(38(34)37)41(32)43(29-13-8-6-9-14-29)26(2)23-27(3)44(41)30-15-10-7-11-16-30/h12,17-24,29-30H,6-11,13-16H2,1-5H3/q+1. The molecule has 44 heavy (non-hydrogen) atoms. The SMILES string of the molecule is CC1=CC(C)=[N+](C2CCCCC2)C2(c3ccc4cc(C)cc5c4c3-c3c(cc4ncccc4c32)C5(C)C)N1C1CCCCC1. The third-order valence-electron chi connectivity index (χ3n) is 12.2. The van der Waals surface area contributed by atoms with Gasteiger partial charge in [0.25, 0.3) is 5.66 Å². The topological polar surface area (TPSA) is 19.1 Å². The molecule has 3 nitrogen and oxygen atoms in total. The van der Waals surface area contributed by atoms with Crippen LogP contribution in [0.1, 0.15) is 120 Å². The highest BCUT2D eigenvalue weighted by Gasteiger charge is 2.64. The predicted molar refractivity (Wildman–Crippen MR) is 183 cm³/mol. The summed E-state index contributed by atoms with van der Waals surface area (Å²) in [6, 6.07) is 18.0. The van der Waals surface area contributed by atoms with Crippen molar-refractivity contribution < 1.29 is 4.58 Å². The maximum Gasteiger partial charge on any atom is 0.293 e. The van der Waals surface area contributed by atoms with Gasteiger partial charge in [-0.1, -0.05) is 69.4 Å². The molecule has 4 aliphatic carbocycles. The molecular formula is C41H46N3+. The minimum atomic E-state index is -0.383. The van der Waals surface area contributed by atoms with E-state index in [2.05, 4.69) is 92.6 Å². The molecule has 0 bridgehead atoms. The molecule has 3 aromatic carbocycles. The van der Waals surface area contributed by atoms with Gasteiger partial charge in [0.1, 0.15) is 0 Å². The van der Waals surface area contributed by atoms with Gasteiger partial charge < -0.3 is 4.90 Å². The zero-order valence-corrected chi connectivity index (χ0v) is 27.3. The van der Waals surface area contributed by atoms with Crippen molar-refractivity contribution in [2.24, 2.45) is 0 Å². The molecule has 0 N–H and O–H groups in total. The van der Waals surface area contributed by atoms with Crippen molar-refractivity contribution >= 4 is 27.4 Å². The fraction of sp³-hybridized carbons (Fsp3) is 0.463. The molecule has 4 aromatic rings. The average Bonchev–Trinajstić information content (AvgIpc) is 3.31. The molecule has 3 heteroatoms. The monoisotopic (exact) mass is 580 g/mol. The van der Waals surface area contributed by atoms with E-state index in [1.807, 2.05) is 6.20 Å². The van der Waals surface area contributed by atoms with Crippen molar-refractivity contribution in [3.8, 4) is 11.1 Å². The Labute approximate surface area is 262 Å². The van der Waals surface area contributed by atoms with Crippen LogP contribution >= 0.6 is 0 Å². The molecule has 5 aliphatic rings. The summed E-state index contributed by atoms with van der Waals surface area (Å²) in [6.07, 6.45) is 17.7. The van der Waals surface area contributed by atoms with Gasteiger partial charge in [-0.05, 0) is 79.6 Å². The molecule has 9 rings (SSSR count). The van der Waals surface area contributed by atoms with E-state index in [9.17, 15) is 0 Å². The van der Waals surface area contributed by atoms with Crippen LogP contribution in [-0.2, 0) is 11.1 Å². The number of aromatic nitrogens is 1. The van der Waals surface area contributed by atoms with Crippen LogP contribution in [0, 0.1) is 6.92 Å². The molecule has 0 amide bonds. The first kappa shape index (κ1) is 26.9. The van der Waals surface area contributed by atoms with Gasteiger partial charge in [-0.25, -0.2) is 0 Å². The van der Waals surface area contributed by atoms with Crippen LogP contribution in [-0.4, -0.2) is 32.3 Å². The van der Waals surface area contributed by atoms with Gasteiger partial charge in [0.05, 0.1) is 16.6 Å². The fourth-order valence-corrected chi connectivity index (χ4v) is 10.6. The van der Waals surface area contributed by atoms with E-state index in [-0.39, 0.29) is 11.1 Å². The number of allylic oxidation sites excluding steroid dienone is 2. The Hall–Kier alpha value is -3.46. The van der Waals surface area contributed by atoms with Crippen LogP contribution < -0.4 is 0 Å². The first-order chi connectivity index (χ1) is 21.3. The molecule has 1 spiro atoms. The van der Waals surface area contributed by atoms with Crippen molar-refractivity contribution in [1.29, 1.82) is 0 Å². The largest absolute Gasteiger partial charge is 0.305 e. The van der Waals surface area contributed by atoms with E-state index in [0.29, 0.717) is 12.1 Å². The summed E-state index contributed by atoms with van der Waals surface area (Å²) in [5, 5.41) is 4.22. The molecule has 2 saturated carbocycles. The Bertz CT molecular complexity index is 1950. The number of pyridine rings is 1. The van der Waals surface area contributed by atoms with Crippen LogP contribution in [0.4, 0.5) is 0 Å². The van der Waals surface area contributed by atoms with Crippen LogP contribution in [0.25, 0.3) is 32.8 Å². The van der Waals surface area contributed by atoms with Gasteiger partial charge >= 0.3 is 0 Å². The van der Waals surface area contributed by atoms with Crippen LogP contribution in [0.3, 0.4) is 0 Å². The van der Waals surface area contributed by atoms with Gasteiger partial charge in [0.2, 0.25) is 0 Å². The Morgan fingerprint density at radius 2 is 1.55 bits per heavy atom. The Morgan fingerprint density at radius 1 is 0.795 bits per heavy atom. The lowest BCUT2D eigenvalue weighted by molar-refractivity contribution is -0.668. The van der Waals surface area contributed by atoms with E-state index in [4.69, 9.17) is 4.98 Å². The number of fused-ring (bicyclic) bond motifs is 4. The highest BCUT2D eigenvalue weighted by Crippen LogP contribution is 2.64. The maximum atomic E-state index is 5.12. The Kier molecular flexibility index (Phi) is 5.68. The molecule has 1 atom stereocenters. The summed E-state index contributed by atoms with van der Waals surface area (Å²) in [7, 11) is 0. The zero-order valence-electron chi connectivity index (χ0n) is 27.3. The van der Waals surface area contributed by atoms with Crippen LogP contribution in [0.15, 0.2) is 60.4 Å². The second-order valence-electron chi connectivity index (χ2n) is 15.2. The van der Waals surface area contributed by atoms with E-state index in [0.717, 1.165) is 5.52 Å². The van der Waals surface area contributed by atoms with Crippen molar-refractivity contribution in [2.45, 2.75) is 122 Å². The van der Waals surface area contributed by atoms with Gasteiger partial charge in [-0.2, -0.15) is 4.58 Å². The van der Waals surface area contributed by atoms with Crippen molar-refractivity contribution in [2.75, 3.05) is 0 Å². The quantitative estimate of drug-likeness (QED) is 0.220. The molecular weight excluding hydrogens is 534 g/mol. The highest BCUT2D eigenvalue weighted by molar-refractivity contribution is 6.12. The molecule has 1 aromatic heterocycles. The van der Waals surface area contributed by atoms with Gasteiger partial charge in [-0.3, -0.25) is 4.98 Å². The minimum absolute atomic E-state index is 0.124. The second-order valence-corrected chi connectivity index (χ2v) is 15.2. The van der Waals surface area contributed by atoms with E-state index in [1.54, 1.807) is 0 Å². The number of benzene rings is 3. The fourth-order valence-electron chi connectivity index (χ4n) is 10.6. The summed E-state index contributed by atoms with van der Waals surface area (Å²) >= 11 is 0. The molecule has 0 saturated heterocycles. The maximum absolute atomic E-state index is 5.12. The Balaban J connectivity index is 1.52. The van der Waals surface area contributed by atoms with Gasteiger partial charge in [-0.15, -0.1) is 0 Å². The third-order valence-corrected chi connectivity index (χ3v) is 12.2. The summed E-state index contributed by atoms with van der Waals surface area (Å²) in [5.74, 6) is 0. The minimum Gasteiger partial charge on any atom is -0.305 e. The van der Waals surface area contributed by atoms with E-state index >= 15 is 0 Å². The summed E-state index contributed by atoms with van der Waals surface area (Å²) in [5.41, 5.74) is 13.8. The lowest BCUT2D eigenvalue weighted by atomic mass is 9.68. The first-order valence-electron chi connectivity index (χ1n) is 17.5. The zero-order chi connectivity index (χ0) is 30.0. The normalized spacial score (nSPS) is 24.6. The first-order valence-corrected chi connectivity index (χ1v) is 17.5. The second kappa shape index (κ2) is 9.28. The number of hydrogen-bond donors (Lipinski definition) is 0. The number of aryl methyl sites for hydroxylation is 1. The molecule has 1 unspecified atom stereocenters. The number of nitrogens with zero attached hydrogens (tertiary/aromatic N) is 3. The number of hydrogen-bond acceptors (Lipinski definition) is 2. The lowest BCUT2D eigenvalue weighted by Crippen LogP contribution is -2.62. The average molecular weight is 581 g/mol. The molecule has 0 radical (unpaired) electrons. The van der Waals surface area contributed by atoms with Crippen molar-refractivity contribution in [1.82, 2.24) is 9.88 Å². The van der Waals surface area contributed by atoms with Crippen LogP contribution in [0.5, 0.6) is 0 Å². The van der Waals surface area contributed by atoms with Crippen LogP contribution in [0.2, 0.25) is 0 Å². The molecule has 2 fully saturated rings. The van der Waals surface area contributed by atoms with E-state index < -0.39 is 0 Å². The molecule has 1 aliphatic heterocycles. The smallest absolute Gasteiger partial charge is 0.293 e. The summed E-state index contributed by atoms with van der Waals surface area (Å²) in [4.78, 5) is 8.08. The number of rotatable bonds is 2. The summed E-state index contributed by atoms with van der Waals surface area (Å²) < 4.78 is 2.96. The van der Waals surface area contributed by atoms with Gasteiger partial charge in [0.15, 0.2) is 11.8 Å². The molecule has 2 heterocycles. The van der Waals surface area contributed by atoms with Crippen molar-refractivity contribution in [3.05, 3.63) is 88.3 Å². The highest BCUT2D eigenvalue weighted by atomic mass is 15.4. The van der Waals surface area contributed by atoms with Crippen molar-refractivity contribution in [3.63, 3.8) is 0 Å². The Morgan fingerprint density at radius 3 is 2.32 bits per heavy atom.